The molecule has 19 heavy (non-hydrogen) atoms. The van der Waals surface area contributed by atoms with Gasteiger partial charge in [-0.25, -0.2) is 0 Å². The highest BCUT2D eigenvalue weighted by Crippen LogP contribution is 2.17. The quantitative estimate of drug-likeness (QED) is 0.790. The Balaban J connectivity index is 2.01. The highest BCUT2D eigenvalue weighted by atomic mass is 16.3. The summed E-state index contributed by atoms with van der Waals surface area (Å²) in [5, 5.41) is 21.5. The minimum absolute atomic E-state index is 0.109. The molecular formula is C15H15NO3. The number of carbonyl (C=O) groups is 1. The molecule has 4 heteroatoms. The number of phenols is 2. The zero-order chi connectivity index (χ0) is 13.8. The van der Waals surface area contributed by atoms with Gasteiger partial charge in [-0.2, -0.15) is 0 Å². The number of hydrogen-bond donors (Lipinski definition) is 3. The van der Waals surface area contributed by atoms with E-state index in [1.54, 1.807) is 43.3 Å². The summed E-state index contributed by atoms with van der Waals surface area (Å²) in [6.45, 7) is 2.14. The summed E-state index contributed by atoms with van der Waals surface area (Å²) in [6.07, 6.45) is 0. The van der Waals surface area contributed by atoms with Crippen molar-refractivity contribution in [1.82, 2.24) is 5.32 Å². The highest BCUT2D eigenvalue weighted by Gasteiger charge is 2.07. The second-order valence-electron chi connectivity index (χ2n) is 4.35. The van der Waals surface area contributed by atoms with E-state index in [1.807, 2.05) is 0 Å². The van der Waals surface area contributed by atoms with Crippen LogP contribution in [0.4, 0.5) is 0 Å². The Labute approximate surface area is 111 Å². The normalized spacial score (nSPS) is 10.2. The number of hydrogen-bond acceptors (Lipinski definition) is 3. The lowest BCUT2D eigenvalue weighted by Crippen LogP contribution is -2.22. The van der Waals surface area contributed by atoms with Crippen molar-refractivity contribution >= 4 is 5.91 Å². The summed E-state index contributed by atoms with van der Waals surface area (Å²) in [5.74, 6) is 0.0548. The van der Waals surface area contributed by atoms with Crippen molar-refractivity contribution in [2.45, 2.75) is 13.5 Å². The first-order valence-electron chi connectivity index (χ1n) is 5.92. The molecule has 2 rings (SSSR count). The molecule has 4 nitrogen and oxygen atoms in total. The number of benzene rings is 2. The second-order valence-corrected chi connectivity index (χ2v) is 4.35. The summed E-state index contributed by atoms with van der Waals surface area (Å²) in [7, 11) is 0. The lowest BCUT2D eigenvalue weighted by molar-refractivity contribution is 0.0950. The molecule has 0 aromatic heterocycles. The van der Waals surface area contributed by atoms with Crippen LogP contribution in [0.5, 0.6) is 11.5 Å². The van der Waals surface area contributed by atoms with E-state index in [4.69, 9.17) is 5.11 Å². The molecule has 0 saturated heterocycles. The van der Waals surface area contributed by atoms with Gasteiger partial charge in [0.2, 0.25) is 0 Å². The molecule has 0 saturated carbocycles. The summed E-state index contributed by atoms with van der Waals surface area (Å²) in [5.41, 5.74) is 2.04. The standard InChI is InChI=1S/C15H15NO3/c1-10-2-5-12(8-14(10)18)15(19)16-9-11-3-6-13(17)7-4-11/h2-8,17-18H,9H2,1H3,(H,16,19). The first-order valence-corrected chi connectivity index (χ1v) is 5.92. The molecule has 0 aliphatic rings. The third kappa shape index (κ3) is 3.25. The number of aromatic hydroxyl groups is 2. The van der Waals surface area contributed by atoms with E-state index in [-0.39, 0.29) is 17.4 Å². The molecule has 2 aromatic carbocycles. The number of nitrogens with one attached hydrogen (secondary N) is 1. The van der Waals surface area contributed by atoms with Crippen LogP contribution in [-0.4, -0.2) is 16.1 Å². The third-order valence-corrected chi connectivity index (χ3v) is 2.86. The Bertz CT molecular complexity index is 591. The molecule has 0 spiro atoms. The van der Waals surface area contributed by atoms with Gasteiger partial charge in [-0.1, -0.05) is 18.2 Å². The van der Waals surface area contributed by atoms with E-state index < -0.39 is 0 Å². The minimum atomic E-state index is -0.247. The molecule has 0 radical (unpaired) electrons. The average Bonchev–Trinajstić information content (AvgIpc) is 2.41. The van der Waals surface area contributed by atoms with Crippen LogP contribution in [0.15, 0.2) is 42.5 Å². The van der Waals surface area contributed by atoms with E-state index >= 15 is 0 Å². The first kappa shape index (κ1) is 13.0. The zero-order valence-electron chi connectivity index (χ0n) is 10.6. The molecule has 0 fully saturated rings. The molecule has 0 atom stereocenters. The summed E-state index contributed by atoms with van der Waals surface area (Å²) < 4.78 is 0. The van der Waals surface area contributed by atoms with Crippen LogP contribution in [0.1, 0.15) is 21.5 Å². The Kier molecular flexibility index (Phi) is 3.71. The largest absolute Gasteiger partial charge is 0.508 e. The van der Waals surface area contributed by atoms with Gasteiger partial charge in [-0.05, 0) is 42.3 Å². The van der Waals surface area contributed by atoms with Gasteiger partial charge in [0, 0.05) is 12.1 Å². The predicted molar refractivity (Wildman–Crippen MR) is 72.1 cm³/mol. The van der Waals surface area contributed by atoms with Gasteiger partial charge in [0.05, 0.1) is 0 Å². The van der Waals surface area contributed by atoms with Gasteiger partial charge in [0.1, 0.15) is 11.5 Å². The molecule has 98 valence electrons. The molecule has 0 heterocycles. The van der Waals surface area contributed by atoms with Crippen LogP contribution >= 0.6 is 0 Å². The van der Waals surface area contributed by atoms with Crippen molar-refractivity contribution in [3.63, 3.8) is 0 Å². The highest BCUT2D eigenvalue weighted by molar-refractivity contribution is 5.94. The third-order valence-electron chi connectivity index (χ3n) is 2.86. The fraction of sp³-hybridized carbons (Fsp3) is 0.133. The van der Waals surface area contributed by atoms with Crippen molar-refractivity contribution in [2.24, 2.45) is 0 Å². The number of aryl methyl sites for hydroxylation is 1. The van der Waals surface area contributed by atoms with Crippen LogP contribution in [0.25, 0.3) is 0 Å². The first-order chi connectivity index (χ1) is 9.06. The van der Waals surface area contributed by atoms with Crippen molar-refractivity contribution in [1.29, 1.82) is 0 Å². The summed E-state index contributed by atoms with van der Waals surface area (Å²) >= 11 is 0. The van der Waals surface area contributed by atoms with Crippen molar-refractivity contribution in [3.05, 3.63) is 59.2 Å². The molecule has 0 aliphatic heterocycles. The van der Waals surface area contributed by atoms with Gasteiger partial charge < -0.3 is 15.5 Å². The average molecular weight is 257 g/mol. The van der Waals surface area contributed by atoms with Gasteiger partial charge in [0.15, 0.2) is 0 Å². The van der Waals surface area contributed by atoms with E-state index in [1.165, 1.54) is 6.07 Å². The fourth-order valence-corrected chi connectivity index (χ4v) is 1.65. The Hall–Kier alpha value is -2.49. The van der Waals surface area contributed by atoms with Crippen molar-refractivity contribution in [3.8, 4) is 11.5 Å². The predicted octanol–water partition coefficient (Wildman–Crippen LogP) is 2.34. The fourth-order valence-electron chi connectivity index (χ4n) is 1.65. The lowest BCUT2D eigenvalue weighted by atomic mass is 10.1. The van der Waals surface area contributed by atoms with E-state index in [9.17, 15) is 9.90 Å². The van der Waals surface area contributed by atoms with Crippen LogP contribution in [-0.2, 0) is 6.54 Å². The van der Waals surface area contributed by atoms with Crippen LogP contribution in [0.2, 0.25) is 0 Å². The second kappa shape index (κ2) is 5.44. The maximum absolute atomic E-state index is 11.9. The Morgan fingerprint density at radius 2 is 1.79 bits per heavy atom. The molecular weight excluding hydrogens is 242 g/mol. The lowest BCUT2D eigenvalue weighted by Gasteiger charge is -2.07. The SMILES string of the molecule is Cc1ccc(C(=O)NCc2ccc(O)cc2)cc1O. The van der Waals surface area contributed by atoms with Crippen LogP contribution in [0.3, 0.4) is 0 Å². The Morgan fingerprint density at radius 3 is 2.42 bits per heavy atom. The van der Waals surface area contributed by atoms with Crippen molar-refractivity contribution < 1.29 is 15.0 Å². The molecule has 0 unspecified atom stereocenters. The maximum atomic E-state index is 11.9. The molecule has 3 N–H and O–H groups in total. The van der Waals surface area contributed by atoms with Gasteiger partial charge >= 0.3 is 0 Å². The summed E-state index contributed by atoms with van der Waals surface area (Å²) in [6, 6.07) is 11.4. The topological polar surface area (TPSA) is 69.6 Å². The van der Waals surface area contributed by atoms with Crippen LogP contribution in [0, 0.1) is 6.92 Å². The zero-order valence-corrected chi connectivity index (χ0v) is 10.6. The van der Waals surface area contributed by atoms with Gasteiger partial charge in [-0.3, -0.25) is 4.79 Å². The smallest absolute Gasteiger partial charge is 0.251 e. The van der Waals surface area contributed by atoms with Crippen LogP contribution < -0.4 is 5.32 Å². The minimum Gasteiger partial charge on any atom is -0.508 e. The monoisotopic (exact) mass is 257 g/mol. The number of phenolic OH excluding ortho intramolecular Hbond substituents is 2. The van der Waals surface area contributed by atoms with Gasteiger partial charge in [-0.15, -0.1) is 0 Å². The molecule has 1 amide bonds. The number of amides is 1. The van der Waals surface area contributed by atoms with E-state index in [0.29, 0.717) is 12.1 Å². The van der Waals surface area contributed by atoms with E-state index in [2.05, 4.69) is 5.32 Å². The molecule has 0 aliphatic carbocycles. The maximum Gasteiger partial charge on any atom is 0.251 e. The molecule has 2 aromatic rings. The molecule has 0 bridgehead atoms. The number of rotatable bonds is 3. The van der Waals surface area contributed by atoms with Crippen molar-refractivity contribution in [2.75, 3.05) is 0 Å². The van der Waals surface area contributed by atoms with E-state index in [0.717, 1.165) is 11.1 Å². The Morgan fingerprint density at radius 1 is 1.11 bits per heavy atom. The summed E-state index contributed by atoms with van der Waals surface area (Å²) in [4.78, 5) is 11.9. The van der Waals surface area contributed by atoms with Gasteiger partial charge in [0.25, 0.3) is 5.91 Å². The number of carbonyl (C=O) groups excluding carboxylic acids is 1.